The average molecular weight is 404 g/mol. The monoisotopic (exact) mass is 403 g/mol. The standard InChI is InChI=1S/C24H21NO3S/c1-17-7-11-19(12-8-17)15-24(26)23-16-20-5-3-4-6-22(20)25(23)29(27,28)21-13-9-18(2)10-14-21/h3-14,16H,15H2,1-2H3. The van der Waals surface area contributed by atoms with Gasteiger partial charge in [-0.3, -0.25) is 4.79 Å². The number of aryl methyl sites for hydroxylation is 2. The third-order valence-electron chi connectivity index (χ3n) is 5.00. The Hall–Kier alpha value is -3.18. The Kier molecular flexibility index (Phi) is 4.84. The van der Waals surface area contributed by atoms with Gasteiger partial charge in [0, 0.05) is 11.8 Å². The Morgan fingerprint density at radius 1 is 0.828 bits per heavy atom. The minimum Gasteiger partial charge on any atom is -0.292 e. The van der Waals surface area contributed by atoms with Crippen LogP contribution in [0.4, 0.5) is 0 Å². The van der Waals surface area contributed by atoms with E-state index in [1.165, 1.54) is 3.97 Å². The van der Waals surface area contributed by atoms with E-state index in [1.807, 2.05) is 50.2 Å². The lowest BCUT2D eigenvalue weighted by atomic mass is 10.1. The van der Waals surface area contributed by atoms with E-state index >= 15 is 0 Å². The van der Waals surface area contributed by atoms with Gasteiger partial charge in [0.2, 0.25) is 0 Å². The summed E-state index contributed by atoms with van der Waals surface area (Å²) in [4.78, 5) is 13.3. The van der Waals surface area contributed by atoms with Crippen molar-refractivity contribution in [1.29, 1.82) is 0 Å². The van der Waals surface area contributed by atoms with Crippen LogP contribution in [-0.2, 0) is 16.4 Å². The van der Waals surface area contributed by atoms with E-state index < -0.39 is 10.0 Å². The summed E-state index contributed by atoms with van der Waals surface area (Å²) < 4.78 is 28.1. The lowest BCUT2D eigenvalue weighted by molar-refractivity contribution is 0.0987. The van der Waals surface area contributed by atoms with Crippen molar-refractivity contribution in [3.63, 3.8) is 0 Å². The molecular weight excluding hydrogens is 382 g/mol. The van der Waals surface area contributed by atoms with Gasteiger partial charge in [-0.2, -0.15) is 0 Å². The summed E-state index contributed by atoms with van der Waals surface area (Å²) in [6, 6.07) is 23.2. The van der Waals surface area contributed by atoms with Crippen molar-refractivity contribution in [2.75, 3.05) is 0 Å². The van der Waals surface area contributed by atoms with E-state index in [0.717, 1.165) is 22.1 Å². The third kappa shape index (κ3) is 3.61. The topological polar surface area (TPSA) is 56.1 Å². The van der Waals surface area contributed by atoms with Gasteiger partial charge in [0.25, 0.3) is 10.0 Å². The second-order valence-electron chi connectivity index (χ2n) is 7.26. The highest BCUT2D eigenvalue weighted by atomic mass is 32.2. The van der Waals surface area contributed by atoms with Gasteiger partial charge in [-0.15, -0.1) is 0 Å². The van der Waals surface area contributed by atoms with Gasteiger partial charge in [0.15, 0.2) is 5.78 Å². The Morgan fingerprint density at radius 2 is 1.41 bits per heavy atom. The number of ketones is 1. The number of hydrogen-bond donors (Lipinski definition) is 0. The first-order valence-electron chi connectivity index (χ1n) is 9.38. The van der Waals surface area contributed by atoms with Gasteiger partial charge in [0.05, 0.1) is 10.4 Å². The molecule has 0 aliphatic heterocycles. The summed E-state index contributed by atoms with van der Waals surface area (Å²) in [6.07, 6.45) is 0.139. The fourth-order valence-electron chi connectivity index (χ4n) is 3.38. The molecule has 5 heteroatoms. The third-order valence-corrected chi connectivity index (χ3v) is 6.74. The summed E-state index contributed by atoms with van der Waals surface area (Å²) >= 11 is 0. The summed E-state index contributed by atoms with van der Waals surface area (Å²) in [5.74, 6) is -0.235. The molecule has 146 valence electrons. The number of benzene rings is 3. The van der Waals surface area contributed by atoms with Gasteiger partial charge in [-0.25, -0.2) is 12.4 Å². The average Bonchev–Trinajstić information content (AvgIpc) is 3.11. The summed E-state index contributed by atoms with van der Waals surface area (Å²) in [7, 11) is -3.92. The smallest absolute Gasteiger partial charge is 0.268 e. The molecule has 29 heavy (non-hydrogen) atoms. The Morgan fingerprint density at radius 3 is 2.07 bits per heavy atom. The second kappa shape index (κ2) is 7.33. The van der Waals surface area contributed by atoms with Crippen molar-refractivity contribution in [3.05, 3.63) is 101 Å². The number of hydrogen-bond acceptors (Lipinski definition) is 3. The van der Waals surface area contributed by atoms with Gasteiger partial charge in [-0.05, 0) is 43.7 Å². The van der Waals surface area contributed by atoms with Gasteiger partial charge < -0.3 is 0 Å². The van der Waals surface area contributed by atoms with Crippen LogP contribution in [0.5, 0.6) is 0 Å². The molecule has 0 aliphatic rings. The SMILES string of the molecule is Cc1ccc(CC(=O)c2cc3ccccc3n2S(=O)(=O)c2ccc(C)cc2)cc1. The van der Waals surface area contributed by atoms with Crippen LogP contribution >= 0.6 is 0 Å². The van der Waals surface area contributed by atoms with Crippen molar-refractivity contribution < 1.29 is 13.2 Å². The van der Waals surface area contributed by atoms with Crippen LogP contribution in [0.3, 0.4) is 0 Å². The van der Waals surface area contributed by atoms with Crippen molar-refractivity contribution in [1.82, 2.24) is 3.97 Å². The summed E-state index contributed by atoms with van der Waals surface area (Å²) in [5.41, 5.74) is 3.60. The highest BCUT2D eigenvalue weighted by Crippen LogP contribution is 2.27. The minimum atomic E-state index is -3.92. The molecule has 3 aromatic carbocycles. The molecule has 4 rings (SSSR count). The molecule has 4 aromatic rings. The van der Waals surface area contributed by atoms with E-state index in [0.29, 0.717) is 5.52 Å². The predicted molar refractivity (Wildman–Crippen MR) is 115 cm³/mol. The van der Waals surface area contributed by atoms with Crippen molar-refractivity contribution in [2.24, 2.45) is 0 Å². The first-order chi connectivity index (χ1) is 13.9. The molecule has 0 aliphatic carbocycles. The van der Waals surface area contributed by atoms with E-state index in [9.17, 15) is 13.2 Å². The molecule has 1 heterocycles. The normalized spacial score (nSPS) is 11.7. The highest BCUT2D eigenvalue weighted by Gasteiger charge is 2.26. The van der Waals surface area contributed by atoms with Crippen LogP contribution in [0.1, 0.15) is 27.2 Å². The van der Waals surface area contributed by atoms with Crippen molar-refractivity contribution >= 4 is 26.7 Å². The number of carbonyl (C=O) groups is 1. The Balaban J connectivity index is 1.85. The molecule has 0 unspecified atom stereocenters. The molecule has 0 fully saturated rings. The fraction of sp³-hybridized carbons (Fsp3) is 0.125. The number of aromatic nitrogens is 1. The van der Waals surface area contributed by atoms with E-state index in [4.69, 9.17) is 0 Å². The van der Waals surface area contributed by atoms with Crippen LogP contribution < -0.4 is 0 Å². The molecule has 0 saturated carbocycles. The number of carbonyl (C=O) groups excluding carboxylic acids is 1. The number of Topliss-reactive ketones (excluding diaryl/α,β-unsaturated/α-hetero) is 1. The minimum absolute atomic E-state index is 0.139. The quantitative estimate of drug-likeness (QED) is 0.445. The molecule has 0 spiro atoms. The van der Waals surface area contributed by atoms with Crippen LogP contribution in [0.15, 0.2) is 83.8 Å². The molecule has 0 bridgehead atoms. The first kappa shape index (κ1) is 19.2. The molecule has 0 atom stereocenters. The molecular formula is C24H21NO3S. The summed E-state index contributed by atoms with van der Waals surface area (Å²) in [6.45, 7) is 3.88. The highest BCUT2D eigenvalue weighted by molar-refractivity contribution is 7.90. The largest absolute Gasteiger partial charge is 0.292 e. The van der Waals surface area contributed by atoms with Crippen molar-refractivity contribution in [2.45, 2.75) is 25.2 Å². The number of rotatable bonds is 5. The number of nitrogens with zero attached hydrogens (tertiary/aromatic N) is 1. The maximum Gasteiger partial charge on any atom is 0.268 e. The first-order valence-corrected chi connectivity index (χ1v) is 10.8. The maximum absolute atomic E-state index is 13.5. The van der Waals surface area contributed by atoms with Crippen molar-refractivity contribution in [3.8, 4) is 0 Å². The lowest BCUT2D eigenvalue weighted by Gasteiger charge is -2.12. The zero-order valence-corrected chi connectivity index (χ0v) is 17.1. The van der Waals surface area contributed by atoms with Crippen LogP contribution in [-0.4, -0.2) is 18.2 Å². The second-order valence-corrected chi connectivity index (χ2v) is 9.04. The summed E-state index contributed by atoms with van der Waals surface area (Å²) in [5, 5.41) is 0.718. The fourth-order valence-corrected chi connectivity index (χ4v) is 4.91. The molecule has 0 saturated heterocycles. The van der Waals surface area contributed by atoms with Crippen LogP contribution in [0.25, 0.3) is 10.9 Å². The Labute approximate surface area is 170 Å². The predicted octanol–water partition coefficient (Wildman–Crippen LogP) is 4.92. The van der Waals surface area contributed by atoms with Crippen LogP contribution in [0, 0.1) is 13.8 Å². The van der Waals surface area contributed by atoms with E-state index in [2.05, 4.69) is 0 Å². The zero-order valence-electron chi connectivity index (χ0n) is 16.3. The van der Waals surface area contributed by atoms with Gasteiger partial charge in [-0.1, -0.05) is 65.7 Å². The molecule has 0 radical (unpaired) electrons. The van der Waals surface area contributed by atoms with E-state index in [-0.39, 0.29) is 22.8 Å². The molecule has 4 nitrogen and oxygen atoms in total. The maximum atomic E-state index is 13.5. The lowest BCUT2D eigenvalue weighted by Crippen LogP contribution is -2.19. The Bertz CT molecular complexity index is 1300. The van der Waals surface area contributed by atoms with Gasteiger partial charge >= 0.3 is 0 Å². The van der Waals surface area contributed by atoms with Crippen LogP contribution in [0.2, 0.25) is 0 Å². The number of para-hydroxylation sites is 1. The molecule has 0 amide bonds. The molecule has 1 aromatic heterocycles. The number of fused-ring (bicyclic) bond motifs is 1. The zero-order chi connectivity index (χ0) is 20.6. The van der Waals surface area contributed by atoms with E-state index in [1.54, 1.807) is 42.5 Å². The molecule has 0 N–H and O–H groups in total. The van der Waals surface area contributed by atoms with Gasteiger partial charge in [0.1, 0.15) is 5.69 Å².